The Hall–Kier alpha value is -4.33. The van der Waals surface area contributed by atoms with Crippen LogP contribution in [0.3, 0.4) is 0 Å². The lowest BCUT2D eigenvalue weighted by Crippen LogP contribution is -2.18. The molecule has 8 nitrogen and oxygen atoms in total. The summed E-state index contributed by atoms with van der Waals surface area (Å²) < 4.78 is 17.8. The van der Waals surface area contributed by atoms with E-state index < -0.39 is 11.9 Å². The van der Waals surface area contributed by atoms with Gasteiger partial charge in [0, 0.05) is 18.2 Å². The van der Waals surface area contributed by atoms with Crippen molar-refractivity contribution in [1.82, 2.24) is 9.78 Å². The average molecular weight is 488 g/mol. The molecule has 2 aromatic carbocycles. The molecule has 2 aromatic heterocycles. The van der Waals surface area contributed by atoms with Crippen molar-refractivity contribution in [1.29, 1.82) is 0 Å². The molecule has 0 unspecified atom stereocenters. The number of aryl methyl sites for hydroxylation is 1. The number of rotatable bonds is 9. The predicted octanol–water partition coefficient (Wildman–Crippen LogP) is 5.44. The van der Waals surface area contributed by atoms with Crippen molar-refractivity contribution in [2.45, 2.75) is 39.3 Å². The number of methoxy groups -OCH3 is 1. The van der Waals surface area contributed by atoms with Crippen molar-refractivity contribution >= 4 is 17.6 Å². The largest absolute Gasteiger partial charge is 0.486 e. The first-order valence-corrected chi connectivity index (χ1v) is 11.7. The van der Waals surface area contributed by atoms with E-state index in [-0.39, 0.29) is 29.2 Å². The van der Waals surface area contributed by atoms with Gasteiger partial charge in [0.2, 0.25) is 0 Å². The van der Waals surface area contributed by atoms with Gasteiger partial charge in [-0.15, -0.1) is 0 Å². The molecule has 0 bridgehead atoms. The normalized spacial score (nSPS) is 11.2. The van der Waals surface area contributed by atoms with Gasteiger partial charge in [-0.2, -0.15) is 5.10 Å². The average Bonchev–Trinajstić information content (AvgIpc) is 3.55. The summed E-state index contributed by atoms with van der Waals surface area (Å²) in [5, 5.41) is 6.79. The second kappa shape index (κ2) is 10.5. The summed E-state index contributed by atoms with van der Waals surface area (Å²) in [7, 11) is 1.26. The molecule has 0 aliphatic rings. The van der Waals surface area contributed by atoms with Crippen molar-refractivity contribution in [3.05, 3.63) is 101 Å². The van der Waals surface area contributed by atoms with E-state index in [0.717, 1.165) is 0 Å². The van der Waals surface area contributed by atoms with Crippen molar-refractivity contribution < 1.29 is 23.5 Å². The zero-order chi connectivity index (χ0) is 25.7. The van der Waals surface area contributed by atoms with Crippen LogP contribution in [0.4, 0.5) is 5.69 Å². The van der Waals surface area contributed by atoms with E-state index in [1.807, 2.05) is 37.3 Å². The number of carbonyl (C=O) groups is 2. The molecule has 0 spiro atoms. The highest BCUT2D eigenvalue weighted by molar-refractivity contribution is 6.05. The topological polar surface area (TPSA) is 95.6 Å². The third kappa shape index (κ3) is 5.33. The van der Waals surface area contributed by atoms with Crippen LogP contribution in [0.25, 0.3) is 0 Å². The summed E-state index contributed by atoms with van der Waals surface area (Å²) in [5.74, 6) is 0.137. The smallest absolute Gasteiger partial charge is 0.360 e. The number of furan rings is 1. The second-order valence-corrected chi connectivity index (χ2v) is 8.76. The fraction of sp³-hybridized carbons (Fsp3) is 0.250. The third-order valence-corrected chi connectivity index (χ3v) is 6.05. The summed E-state index contributed by atoms with van der Waals surface area (Å²) in [6.07, 6.45) is 1.57. The number of aromatic nitrogens is 2. The van der Waals surface area contributed by atoms with Gasteiger partial charge in [-0.3, -0.25) is 9.48 Å². The van der Waals surface area contributed by atoms with Gasteiger partial charge in [-0.25, -0.2) is 4.79 Å². The van der Waals surface area contributed by atoms with E-state index in [1.165, 1.54) is 22.9 Å². The molecule has 8 heteroatoms. The van der Waals surface area contributed by atoms with E-state index >= 15 is 0 Å². The lowest BCUT2D eigenvalue weighted by molar-refractivity contribution is 0.0594. The first kappa shape index (κ1) is 24.8. The summed E-state index contributed by atoms with van der Waals surface area (Å²) in [4.78, 5) is 24.6. The Morgan fingerprint density at radius 1 is 1.00 bits per heavy atom. The number of hydrogen-bond donors (Lipinski definition) is 1. The molecule has 1 N–H and O–H groups in total. The summed E-state index contributed by atoms with van der Waals surface area (Å²) in [5.41, 5.74) is 2.56. The van der Waals surface area contributed by atoms with Gasteiger partial charge in [-0.1, -0.05) is 56.3 Å². The Balaban J connectivity index is 1.38. The van der Waals surface area contributed by atoms with Crippen LogP contribution in [-0.4, -0.2) is 28.8 Å². The van der Waals surface area contributed by atoms with Crippen LogP contribution in [0.5, 0.6) is 5.75 Å². The van der Waals surface area contributed by atoms with Crippen molar-refractivity contribution in [3.63, 3.8) is 0 Å². The molecule has 4 aromatic rings. The molecule has 0 saturated carbocycles. The molecule has 0 fully saturated rings. The summed E-state index contributed by atoms with van der Waals surface area (Å²) >= 11 is 0. The molecular weight excluding hydrogens is 458 g/mol. The van der Waals surface area contributed by atoms with E-state index in [1.54, 1.807) is 18.3 Å². The molecule has 0 saturated heterocycles. The Morgan fingerprint density at radius 3 is 2.36 bits per heavy atom. The maximum atomic E-state index is 12.7. The van der Waals surface area contributed by atoms with E-state index in [4.69, 9.17) is 13.9 Å². The number of hydrogen-bond acceptors (Lipinski definition) is 6. The molecule has 0 aliphatic carbocycles. The molecule has 36 heavy (non-hydrogen) atoms. The summed E-state index contributed by atoms with van der Waals surface area (Å²) in [6.45, 7) is 6.95. The number of carbonyl (C=O) groups excluding carboxylic acids is 2. The van der Waals surface area contributed by atoms with Crippen LogP contribution in [0, 0.1) is 0 Å². The maximum Gasteiger partial charge on any atom is 0.360 e. The van der Waals surface area contributed by atoms with E-state index in [0.29, 0.717) is 18.1 Å². The van der Waals surface area contributed by atoms with Crippen LogP contribution in [-0.2, 0) is 23.3 Å². The number of nitrogens with zero attached hydrogens (tertiary/aromatic N) is 2. The van der Waals surface area contributed by atoms with Crippen LogP contribution >= 0.6 is 0 Å². The van der Waals surface area contributed by atoms with E-state index in [9.17, 15) is 9.59 Å². The number of esters is 1. The van der Waals surface area contributed by atoms with Crippen molar-refractivity contribution in [3.8, 4) is 5.75 Å². The van der Waals surface area contributed by atoms with Gasteiger partial charge in [0.05, 0.1) is 12.8 Å². The van der Waals surface area contributed by atoms with Gasteiger partial charge in [0.1, 0.15) is 18.1 Å². The Kier molecular flexibility index (Phi) is 7.24. The molecule has 186 valence electrons. The maximum absolute atomic E-state index is 12.7. The molecule has 0 aliphatic heterocycles. The number of nitrogens with one attached hydrogen (secondary N) is 1. The molecule has 0 radical (unpaired) electrons. The zero-order valence-corrected chi connectivity index (χ0v) is 20.8. The quantitative estimate of drug-likeness (QED) is 0.316. The first-order chi connectivity index (χ1) is 17.3. The predicted molar refractivity (Wildman–Crippen MR) is 135 cm³/mol. The minimum absolute atomic E-state index is 0.0294. The Morgan fingerprint density at radius 2 is 1.69 bits per heavy atom. The fourth-order valence-corrected chi connectivity index (χ4v) is 3.83. The van der Waals surface area contributed by atoms with Gasteiger partial charge < -0.3 is 19.2 Å². The Labute approximate surface area is 209 Å². The number of anilines is 1. The summed E-state index contributed by atoms with van der Waals surface area (Å²) in [6, 6.07) is 21.6. The highest BCUT2D eigenvalue weighted by Gasteiger charge is 2.23. The van der Waals surface area contributed by atoms with Crippen molar-refractivity contribution in [2.75, 3.05) is 12.4 Å². The molecule has 2 heterocycles. The molecule has 1 amide bonds. The van der Waals surface area contributed by atoms with Gasteiger partial charge >= 0.3 is 5.97 Å². The first-order valence-electron chi connectivity index (χ1n) is 11.7. The number of benzene rings is 2. The van der Waals surface area contributed by atoms with Gasteiger partial charge in [-0.05, 0) is 42.3 Å². The lowest BCUT2D eigenvalue weighted by atomic mass is 9.78. The Bertz CT molecular complexity index is 1340. The molecule has 0 atom stereocenters. The highest BCUT2D eigenvalue weighted by atomic mass is 16.5. The number of ether oxygens (including phenoxy) is 2. The van der Waals surface area contributed by atoms with Crippen LogP contribution in [0.2, 0.25) is 0 Å². The zero-order valence-electron chi connectivity index (χ0n) is 20.8. The van der Waals surface area contributed by atoms with Crippen LogP contribution in [0.15, 0.2) is 77.3 Å². The fourth-order valence-electron chi connectivity index (χ4n) is 3.83. The SMILES string of the molecule is CCn1cc(NC(=O)c2ccc(COc3ccc(C(C)(C)c4ccccc4)cc3)o2)c(C(=O)OC)n1. The minimum Gasteiger partial charge on any atom is -0.486 e. The monoisotopic (exact) mass is 487 g/mol. The molecular formula is C28H29N3O5. The standard InChI is InChI=1S/C28H29N3O5/c1-5-31-17-23(25(30-31)27(33)34-4)29-26(32)24-16-15-22(36-24)18-35-21-13-11-20(12-14-21)28(2,3)19-9-7-6-8-10-19/h6-17H,5,18H2,1-4H3,(H,29,32). The van der Waals surface area contributed by atoms with Crippen LogP contribution < -0.4 is 10.1 Å². The van der Waals surface area contributed by atoms with Crippen LogP contribution in [0.1, 0.15) is 58.7 Å². The minimum atomic E-state index is -0.635. The lowest BCUT2D eigenvalue weighted by Gasteiger charge is -2.26. The van der Waals surface area contributed by atoms with Gasteiger partial charge in [0.25, 0.3) is 5.91 Å². The van der Waals surface area contributed by atoms with Crippen molar-refractivity contribution in [2.24, 2.45) is 0 Å². The van der Waals surface area contributed by atoms with Gasteiger partial charge in [0.15, 0.2) is 11.5 Å². The third-order valence-electron chi connectivity index (χ3n) is 6.05. The van der Waals surface area contributed by atoms with E-state index in [2.05, 4.69) is 48.5 Å². The second-order valence-electron chi connectivity index (χ2n) is 8.76. The molecule has 4 rings (SSSR count). The highest BCUT2D eigenvalue weighted by Crippen LogP contribution is 2.32. The number of amides is 1.